The predicted octanol–water partition coefficient (Wildman–Crippen LogP) is 5.88. The fourth-order valence-electron chi connectivity index (χ4n) is 1.90. The standard InChI is InChI=1S/C11H17O3P.C7H7Cl/c1-3-13-15(12,14-4-2)10-11-8-6-5-7-9-11;8-6-7-4-2-1-3-5-7/h5-9H,3-4,10H2,1-2H3;1-5H,6H2. The van der Waals surface area contributed by atoms with Gasteiger partial charge in [0.1, 0.15) is 0 Å². The minimum atomic E-state index is -2.94. The van der Waals surface area contributed by atoms with Crippen molar-refractivity contribution in [2.24, 2.45) is 0 Å². The number of hydrogen-bond acceptors (Lipinski definition) is 3. The van der Waals surface area contributed by atoms with E-state index >= 15 is 0 Å². The van der Waals surface area contributed by atoms with E-state index in [0.29, 0.717) is 25.3 Å². The van der Waals surface area contributed by atoms with Crippen molar-refractivity contribution in [2.75, 3.05) is 13.2 Å². The molecule has 0 aliphatic rings. The Morgan fingerprint density at radius 2 is 1.26 bits per heavy atom. The van der Waals surface area contributed by atoms with Crippen molar-refractivity contribution in [3.05, 3.63) is 71.8 Å². The van der Waals surface area contributed by atoms with Gasteiger partial charge in [-0.05, 0) is 25.0 Å². The summed E-state index contributed by atoms with van der Waals surface area (Å²) in [4.78, 5) is 0. The molecular weight excluding hydrogens is 331 g/mol. The van der Waals surface area contributed by atoms with Crippen molar-refractivity contribution in [1.29, 1.82) is 0 Å². The second-order valence-electron chi connectivity index (χ2n) is 4.71. The quantitative estimate of drug-likeness (QED) is 0.460. The highest BCUT2D eigenvalue weighted by Gasteiger charge is 2.23. The Labute approximate surface area is 144 Å². The molecule has 0 aromatic heterocycles. The first-order valence-electron chi connectivity index (χ1n) is 7.65. The fraction of sp³-hybridized carbons (Fsp3) is 0.333. The molecule has 0 heterocycles. The minimum absolute atomic E-state index is 0.343. The second-order valence-corrected chi connectivity index (χ2v) is 7.03. The van der Waals surface area contributed by atoms with Gasteiger partial charge in [0.15, 0.2) is 0 Å². The van der Waals surface area contributed by atoms with Crippen LogP contribution in [0, 0.1) is 0 Å². The third kappa shape index (κ3) is 8.34. The Kier molecular flexibility index (Phi) is 9.89. The molecule has 2 rings (SSSR count). The van der Waals surface area contributed by atoms with Crippen LogP contribution in [0.5, 0.6) is 0 Å². The van der Waals surface area contributed by atoms with Gasteiger partial charge in [-0.2, -0.15) is 0 Å². The highest BCUT2D eigenvalue weighted by Crippen LogP contribution is 2.51. The van der Waals surface area contributed by atoms with Crippen molar-refractivity contribution in [3.63, 3.8) is 0 Å². The van der Waals surface area contributed by atoms with Crippen LogP contribution in [0.3, 0.4) is 0 Å². The van der Waals surface area contributed by atoms with E-state index in [2.05, 4.69) is 0 Å². The number of halogens is 1. The number of alkyl halides is 1. The van der Waals surface area contributed by atoms with Crippen LogP contribution >= 0.6 is 19.2 Å². The first-order chi connectivity index (χ1) is 11.1. The number of rotatable bonds is 7. The number of benzene rings is 2. The maximum absolute atomic E-state index is 12.1. The van der Waals surface area contributed by atoms with Gasteiger partial charge in [0.2, 0.25) is 0 Å². The fourth-order valence-corrected chi connectivity index (χ4v) is 3.78. The van der Waals surface area contributed by atoms with Crippen LogP contribution < -0.4 is 0 Å². The summed E-state index contributed by atoms with van der Waals surface area (Å²) >= 11 is 5.53. The van der Waals surface area contributed by atoms with E-state index in [9.17, 15) is 4.57 Å². The van der Waals surface area contributed by atoms with Gasteiger partial charge < -0.3 is 9.05 Å². The lowest BCUT2D eigenvalue weighted by atomic mass is 10.2. The Balaban J connectivity index is 0.000000277. The zero-order valence-corrected chi connectivity index (χ0v) is 15.3. The summed E-state index contributed by atoms with van der Waals surface area (Å²) in [6, 6.07) is 19.6. The second kappa shape index (κ2) is 11.4. The third-order valence-electron chi connectivity index (χ3n) is 2.87. The molecule has 5 heteroatoms. The summed E-state index contributed by atoms with van der Waals surface area (Å²) in [7, 11) is -2.94. The largest absolute Gasteiger partial charge is 0.335 e. The van der Waals surface area contributed by atoms with E-state index in [1.807, 2.05) is 74.5 Å². The van der Waals surface area contributed by atoms with Crippen molar-refractivity contribution < 1.29 is 13.6 Å². The van der Waals surface area contributed by atoms with Gasteiger partial charge in [-0.1, -0.05) is 60.7 Å². The van der Waals surface area contributed by atoms with Gasteiger partial charge in [-0.3, -0.25) is 4.57 Å². The third-order valence-corrected chi connectivity index (χ3v) is 5.23. The minimum Gasteiger partial charge on any atom is -0.309 e. The molecule has 0 saturated carbocycles. The highest BCUT2D eigenvalue weighted by atomic mass is 35.5. The van der Waals surface area contributed by atoms with Crippen LogP contribution in [0.2, 0.25) is 0 Å². The van der Waals surface area contributed by atoms with Crippen molar-refractivity contribution in [1.82, 2.24) is 0 Å². The Bertz CT molecular complexity index is 565. The van der Waals surface area contributed by atoms with E-state index in [-0.39, 0.29) is 0 Å². The normalized spacial score (nSPS) is 10.7. The molecule has 0 atom stereocenters. The van der Waals surface area contributed by atoms with Crippen molar-refractivity contribution in [3.8, 4) is 0 Å². The highest BCUT2D eigenvalue weighted by molar-refractivity contribution is 7.53. The van der Waals surface area contributed by atoms with Crippen LogP contribution in [0.1, 0.15) is 25.0 Å². The molecule has 2 aromatic rings. The zero-order valence-electron chi connectivity index (χ0n) is 13.7. The SMILES string of the molecule is CCOP(=O)(Cc1ccccc1)OCC.ClCc1ccccc1. The average Bonchev–Trinajstić information content (AvgIpc) is 2.57. The topological polar surface area (TPSA) is 35.5 Å². The Hall–Kier alpha value is -1.12. The molecule has 0 radical (unpaired) electrons. The zero-order chi connectivity index (χ0) is 17.0. The van der Waals surface area contributed by atoms with Gasteiger partial charge in [-0.25, -0.2) is 0 Å². The molecule has 0 fully saturated rings. The Morgan fingerprint density at radius 3 is 1.61 bits per heavy atom. The van der Waals surface area contributed by atoms with Crippen molar-refractivity contribution >= 4 is 19.2 Å². The van der Waals surface area contributed by atoms with E-state index in [1.54, 1.807) is 0 Å². The lowest BCUT2D eigenvalue weighted by molar-refractivity contribution is 0.219. The summed E-state index contributed by atoms with van der Waals surface area (Å²) in [6.07, 6.45) is 0.343. The molecular formula is C18H24ClO3P. The summed E-state index contributed by atoms with van der Waals surface area (Å²) in [5.41, 5.74) is 2.15. The molecule has 0 amide bonds. The van der Waals surface area contributed by atoms with E-state index < -0.39 is 7.60 Å². The first kappa shape index (κ1) is 19.9. The maximum Gasteiger partial charge on any atom is 0.335 e. The van der Waals surface area contributed by atoms with Gasteiger partial charge in [0.25, 0.3) is 0 Å². The molecule has 0 aliphatic heterocycles. The molecule has 0 spiro atoms. The van der Waals surface area contributed by atoms with Gasteiger partial charge in [0.05, 0.1) is 19.4 Å². The molecule has 0 N–H and O–H groups in total. The molecule has 3 nitrogen and oxygen atoms in total. The van der Waals surface area contributed by atoms with Crippen LogP contribution in [-0.4, -0.2) is 13.2 Å². The smallest absolute Gasteiger partial charge is 0.309 e. The van der Waals surface area contributed by atoms with Crippen LogP contribution in [0.15, 0.2) is 60.7 Å². The molecule has 0 saturated heterocycles. The molecule has 126 valence electrons. The monoisotopic (exact) mass is 354 g/mol. The maximum atomic E-state index is 12.1. The van der Waals surface area contributed by atoms with Gasteiger partial charge >= 0.3 is 7.60 Å². The van der Waals surface area contributed by atoms with Crippen LogP contribution in [-0.2, 0) is 25.7 Å². The summed E-state index contributed by atoms with van der Waals surface area (Å²) < 4.78 is 22.6. The van der Waals surface area contributed by atoms with Crippen LogP contribution in [0.25, 0.3) is 0 Å². The van der Waals surface area contributed by atoms with Crippen molar-refractivity contribution in [2.45, 2.75) is 25.9 Å². The van der Waals surface area contributed by atoms with E-state index in [0.717, 1.165) is 5.56 Å². The van der Waals surface area contributed by atoms with E-state index in [4.69, 9.17) is 20.6 Å². The average molecular weight is 355 g/mol. The van der Waals surface area contributed by atoms with Crippen LogP contribution in [0.4, 0.5) is 0 Å². The predicted molar refractivity (Wildman–Crippen MR) is 97.0 cm³/mol. The Morgan fingerprint density at radius 1 is 0.826 bits per heavy atom. The van der Waals surface area contributed by atoms with E-state index in [1.165, 1.54) is 5.56 Å². The molecule has 0 unspecified atom stereocenters. The van der Waals surface area contributed by atoms with Gasteiger partial charge in [-0.15, -0.1) is 11.6 Å². The molecule has 23 heavy (non-hydrogen) atoms. The summed E-state index contributed by atoms with van der Waals surface area (Å²) in [5, 5.41) is 0. The molecule has 2 aromatic carbocycles. The summed E-state index contributed by atoms with van der Waals surface area (Å²) in [6.45, 7) is 4.45. The number of hydrogen-bond donors (Lipinski definition) is 0. The summed E-state index contributed by atoms with van der Waals surface area (Å²) in [5.74, 6) is 0.612. The lowest BCUT2D eigenvalue weighted by Gasteiger charge is -2.16. The lowest BCUT2D eigenvalue weighted by Crippen LogP contribution is -1.98. The first-order valence-corrected chi connectivity index (χ1v) is 9.91. The molecule has 0 aliphatic carbocycles. The van der Waals surface area contributed by atoms with Gasteiger partial charge in [0, 0.05) is 5.88 Å². The molecule has 0 bridgehead atoms.